The molecule has 0 saturated heterocycles. The first-order valence-corrected chi connectivity index (χ1v) is 9.50. The molecule has 3 aromatic rings. The van der Waals surface area contributed by atoms with E-state index in [0.29, 0.717) is 35.6 Å². The maximum Gasteiger partial charge on any atom is 0.270 e. The molecule has 9 heteroatoms. The molecule has 1 fully saturated rings. The highest BCUT2D eigenvalue weighted by Gasteiger charge is 2.27. The molecule has 1 saturated carbocycles. The average molecular weight is 370 g/mol. The maximum absolute atomic E-state index is 12.0. The van der Waals surface area contributed by atoms with Crippen molar-refractivity contribution >= 4 is 17.2 Å². The lowest BCUT2D eigenvalue weighted by molar-refractivity contribution is 0.0938. The molecule has 0 spiro atoms. The van der Waals surface area contributed by atoms with Crippen molar-refractivity contribution in [1.29, 1.82) is 0 Å². The minimum Gasteiger partial charge on any atom is -0.419 e. The summed E-state index contributed by atoms with van der Waals surface area (Å²) in [5, 5.41) is 13.0. The fourth-order valence-corrected chi connectivity index (χ4v) is 3.71. The van der Waals surface area contributed by atoms with Gasteiger partial charge in [-0.1, -0.05) is 0 Å². The van der Waals surface area contributed by atoms with E-state index in [0.717, 1.165) is 25.7 Å². The number of hydrogen-bond donors (Lipinski definition) is 1. The number of nitrogens with zero attached hydrogens (tertiary/aromatic N) is 5. The Hall–Kier alpha value is -2.68. The van der Waals surface area contributed by atoms with Gasteiger partial charge in [-0.2, -0.15) is 0 Å². The van der Waals surface area contributed by atoms with Gasteiger partial charge >= 0.3 is 0 Å². The van der Waals surface area contributed by atoms with Gasteiger partial charge in [-0.3, -0.25) is 9.78 Å². The lowest BCUT2D eigenvalue weighted by Crippen LogP contribution is -2.31. The SMILES string of the molecule is O=C(NCC1CCC(c2nnc(-c3cnccn3)o2)CC1)c1cscn1. The summed E-state index contributed by atoms with van der Waals surface area (Å²) in [6.45, 7) is 0.678. The lowest BCUT2D eigenvalue weighted by atomic mass is 9.82. The summed E-state index contributed by atoms with van der Waals surface area (Å²) in [6, 6.07) is 0. The van der Waals surface area contributed by atoms with Crippen LogP contribution in [-0.4, -0.2) is 37.6 Å². The van der Waals surface area contributed by atoms with Crippen LogP contribution in [0, 0.1) is 5.92 Å². The van der Waals surface area contributed by atoms with Crippen LogP contribution in [0.3, 0.4) is 0 Å². The Balaban J connectivity index is 1.29. The van der Waals surface area contributed by atoms with E-state index < -0.39 is 0 Å². The van der Waals surface area contributed by atoms with Gasteiger partial charge in [0.15, 0.2) is 0 Å². The van der Waals surface area contributed by atoms with Crippen molar-refractivity contribution in [3.05, 3.63) is 41.1 Å². The summed E-state index contributed by atoms with van der Waals surface area (Å²) in [5.41, 5.74) is 2.75. The van der Waals surface area contributed by atoms with E-state index in [4.69, 9.17) is 4.42 Å². The van der Waals surface area contributed by atoms with E-state index >= 15 is 0 Å². The predicted octanol–water partition coefficient (Wildman–Crippen LogP) is 2.69. The molecule has 1 N–H and O–H groups in total. The van der Waals surface area contributed by atoms with Crippen LogP contribution in [0.25, 0.3) is 11.6 Å². The molecule has 0 radical (unpaired) electrons. The topological polar surface area (TPSA) is 107 Å². The highest BCUT2D eigenvalue weighted by Crippen LogP contribution is 2.35. The van der Waals surface area contributed by atoms with Crippen LogP contribution in [0.4, 0.5) is 0 Å². The molecule has 0 atom stereocenters. The van der Waals surface area contributed by atoms with Crippen LogP contribution < -0.4 is 5.32 Å². The molecular formula is C17H18N6O2S. The number of amides is 1. The van der Waals surface area contributed by atoms with Crippen LogP contribution >= 0.6 is 11.3 Å². The van der Waals surface area contributed by atoms with Gasteiger partial charge in [0.25, 0.3) is 11.8 Å². The Morgan fingerprint density at radius 3 is 2.81 bits per heavy atom. The summed E-state index contributed by atoms with van der Waals surface area (Å²) >= 11 is 1.42. The third kappa shape index (κ3) is 3.77. The zero-order chi connectivity index (χ0) is 17.8. The highest BCUT2D eigenvalue weighted by molar-refractivity contribution is 7.07. The van der Waals surface area contributed by atoms with Crippen molar-refractivity contribution in [3.8, 4) is 11.6 Å². The standard InChI is InChI=1S/C17H18N6O2S/c24-15(14-9-26-10-21-14)20-7-11-1-3-12(4-2-11)16-22-23-17(25-16)13-8-18-5-6-19-13/h5-6,8-12H,1-4,7H2,(H,20,24). The minimum absolute atomic E-state index is 0.0983. The second kappa shape index (κ2) is 7.69. The second-order valence-corrected chi connectivity index (χ2v) is 7.06. The van der Waals surface area contributed by atoms with E-state index in [9.17, 15) is 4.79 Å². The van der Waals surface area contributed by atoms with Gasteiger partial charge < -0.3 is 9.73 Å². The summed E-state index contributed by atoms with van der Waals surface area (Å²) in [6.07, 6.45) is 8.80. The van der Waals surface area contributed by atoms with Gasteiger partial charge in [0.2, 0.25) is 5.89 Å². The van der Waals surface area contributed by atoms with Gasteiger partial charge in [-0.05, 0) is 31.6 Å². The van der Waals surface area contributed by atoms with Crippen molar-refractivity contribution in [2.75, 3.05) is 6.54 Å². The van der Waals surface area contributed by atoms with E-state index in [1.54, 1.807) is 29.5 Å². The highest BCUT2D eigenvalue weighted by atomic mass is 32.1. The zero-order valence-corrected chi connectivity index (χ0v) is 14.9. The van der Waals surface area contributed by atoms with Crippen LogP contribution in [-0.2, 0) is 0 Å². The van der Waals surface area contributed by atoms with E-state index in [2.05, 4.69) is 30.5 Å². The second-order valence-electron chi connectivity index (χ2n) is 6.34. The van der Waals surface area contributed by atoms with Crippen molar-refractivity contribution in [2.45, 2.75) is 31.6 Å². The molecular weight excluding hydrogens is 352 g/mol. The number of thiazole rings is 1. The molecule has 0 bridgehead atoms. The molecule has 0 aromatic carbocycles. The molecule has 1 aliphatic rings. The maximum atomic E-state index is 12.0. The van der Waals surface area contributed by atoms with Gasteiger partial charge in [-0.25, -0.2) is 9.97 Å². The van der Waals surface area contributed by atoms with Crippen LogP contribution in [0.1, 0.15) is 48.0 Å². The Morgan fingerprint density at radius 2 is 2.08 bits per heavy atom. The first kappa shape index (κ1) is 16.8. The Kier molecular flexibility index (Phi) is 4.96. The van der Waals surface area contributed by atoms with E-state index in [1.807, 2.05) is 0 Å². The molecule has 134 valence electrons. The number of nitrogens with one attached hydrogen (secondary N) is 1. The van der Waals surface area contributed by atoms with Gasteiger partial charge in [0.05, 0.1) is 11.7 Å². The van der Waals surface area contributed by atoms with Crippen LogP contribution in [0.2, 0.25) is 0 Å². The summed E-state index contributed by atoms with van der Waals surface area (Å²) in [4.78, 5) is 24.2. The predicted molar refractivity (Wildman–Crippen MR) is 94.5 cm³/mol. The largest absolute Gasteiger partial charge is 0.419 e. The molecule has 3 aromatic heterocycles. The fraction of sp³-hybridized carbons (Fsp3) is 0.412. The number of aromatic nitrogens is 5. The van der Waals surface area contributed by atoms with Crippen LogP contribution in [0.15, 0.2) is 33.9 Å². The summed E-state index contributed by atoms with van der Waals surface area (Å²) < 4.78 is 5.79. The fourth-order valence-electron chi connectivity index (χ4n) is 3.18. The molecule has 3 heterocycles. The quantitative estimate of drug-likeness (QED) is 0.736. The zero-order valence-electron chi connectivity index (χ0n) is 14.0. The number of carbonyl (C=O) groups is 1. The summed E-state index contributed by atoms with van der Waals surface area (Å²) in [5.74, 6) is 1.70. The van der Waals surface area contributed by atoms with Gasteiger partial charge in [0, 0.05) is 30.2 Å². The lowest BCUT2D eigenvalue weighted by Gasteiger charge is -2.26. The Labute approximate surface area is 154 Å². The number of hydrogen-bond acceptors (Lipinski definition) is 8. The number of carbonyl (C=O) groups excluding carboxylic acids is 1. The Bertz CT molecular complexity index is 843. The van der Waals surface area contributed by atoms with E-state index in [1.165, 1.54) is 11.3 Å². The molecule has 4 rings (SSSR count). The van der Waals surface area contributed by atoms with Gasteiger partial charge in [0.1, 0.15) is 11.4 Å². The number of rotatable bonds is 5. The van der Waals surface area contributed by atoms with Crippen molar-refractivity contribution < 1.29 is 9.21 Å². The monoisotopic (exact) mass is 370 g/mol. The third-order valence-electron chi connectivity index (χ3n) is 4.64. The molecule has 0 aliphatic heterocycles. The average Bonchev–Trinajstić information content (AvgIpc) is 3.39. The normalized spacial score (nSPS) is 20.0. The Morgan fingerprint density at radius 1 is 1.19 bits per heavy atom. The van der Waals surface area contributed by atoms with Crippen LogP contribution in [0.5, 0.6) is 0 Å². The van der Waals surface area contributed by atoms with Gasteiger partial charge in [-0.15, -0.1) is 21.5 Å². The van der Waals surface area contributed by atoms with Crippen molar-refractivity contribution in [3.63, 3.8) is 0 Å². The first-order valence-electron chi connectivity index (χ1n) is 8.56. The smallest absolute Gasteiger partial charge is 0.270 e. The molecule has 8 nitrogen and oxygen atoms in total. The van der Waals surface area contributed by atoms with Crippen molar-refractivity contribution in [2.24, 2.45) is 5.92 Å². The van der Waals surface area contributed by atoms with Crippen molar-refractivity contribution in [1.82, 2.24) is 30.5 Å². The molecule has 0 unspecified atom stereocenters. The minimum atomic E-state index is -0.0983. The summed E-state index contributed by atoms with van der Waals surface area (Å²) in [7, 11) is 0. The first-order chi connectivity index (χ1) is 12.8. The third-order valence-corrected chi connectivity index (χ3v) is 5.22. The molecule has 1 aliphatic carbocycles. The van der Waals surface area contributed by atoms with E-state index in [-0.39, 0.29) is 11.8 Å². The molecule has 26 heavy (non-hydrogen) atoms. The molecule has 1 amide bonds.